The number of hydrogen-bond acceptors (Lipinski definition) is 3. The van der Waals surface area contributed by atoms with Crippen LogP contribution in [0, 0.1) is 0 Å². The van der Waals surface area contributed by atoms with Crippen LogP contribution in [0.25, 0.3) is 10.9 Å². The van der Waals surface area contributed by atoms with Gasteiger partial charge in [-0.15, -0.1) is 0 Å². The van der Waals surface area contributed by atoms with Crippen LogP contribution < -0.4 is 5.32 Å². The number of para-hydroxylation sites is 1. The van der Waals surface area contributed by atoms with Crippen LogP contribution >= 0.6 is 0 Å². The molecule has 0 saturated carbocycles. The third-order valence-electron chi connectivity index (χ3n) is 3.27. The second kappa shape index (κ2) is 6.30. The van der Waals surface area contributed by atoms with Gasteiger partial charge >= 0.3 is 12.1 Å². The van der Waals surface area contributed by atoms with Crippen molar-refractivity contribution in [3.63, 3.8) is 0 Å². The van der Waals surface area contributed by atoms with E-state index in [0.29, 0.717) is 0 Å². The lowest BCUT2D eigenvalue weighted by Gasteiger charge is -2.13. The summed E-state index contributed by atoms with van der Waals surface area (Å²) in [6, 6.07) is 6.72. The molecule has 0 unspecified atom stereocenters. The highest BCUT2D eigenvalue weighted by molar-refractivity contribution is 5.86. The lowest BCUT2D eigenvalue weighted by Crippen LogP contribution is -2.42. The first-order chi connectivity index (χ1) is 10.0. The largest absolute Gasteiger partial charge is 0.480 e. The van der Waals surface area contributed by atoms with Crippen molar-refractivity contribution in [2.24, 2.45) is 7.05 Å². The van der Waals surface area contributed by atoms with Gasteiger partial charge in [0, 0.05) is 30.6 Å². The molecule has 0 radical (unpaired) electrons. The number of hydrogen-bond donors (Lipinski definition) is 2. The van der Waals surface area contributed by atoms with Crippen molar-refractivity contribution in [3.8, 4) is 0 Å². The van der Waals surface area contributed by atoms with Gasteiger partial charge in [0.2, 0.25) is 0 Å². The number of nitrogens with one attached hydrogen (secondary N) is 1. The van der Waals surface area contributed by atoms with E-state index < -0.39 is 18.1 Å². The molecule has 2 N–H and O–H groups in total. The van der Waals surface area contributed by atoms with Gasteiger partial charge in [0.05, 0.1) is 6.61 Å². The number of aromatic nitrogens is 1. The Morgan fingerprint density at radius 1 is 1.38 bits per heavy atom. The number of ether oxygens (including phenoxy) is 1. The van der Waals surface area contributed by atoms with Crippen molar-refractivity contribution in [3.05, 3.63) is 36.0 Å². The number of carboxylic acids is 1. The number of alkyl carbamates (subject to hydrolysis) is 1. The lowest BCUT2D eigenvalue weighted by atomic mass is 10.1. The van der Waals surface area contributed by atoms with Gasteiger partial charge in [-0.3, -0.25) is 0 Å². The number of aryl methyl sites for hydroxylation is 1. The van der Waals surface area contributed by atoms with E-state index in [9.17, 15) is 14.7 Å². The number of amides is 1. The summed E-state index contributed by atoms with van der Waals surface area (Å²) in [5.41, 5.74) is 1.89. The van der Waals surface area contributed by atoms with Crippen LogP contribution in [0.1, 0.15) is 12.5 Å². The van der Waals surface area contributed by atoms with Gasteiger partial charge in [0.25, 0.3) is 0 Å². The average Bonchev–Trinajstić information content (AvgIpc) is 2.75. The molecule has 1 amide bonds. The number of carboxylic acid groups (broad SMARTS) is 1. The maximum atomic E-state index is 11.4. The first-order valence-corrected chi connectivity index (χ1v) is 6.72. The average molecular weight is 290 g/mol. The highest BCUT2D eigenvalue weighted by Crippen LogP contribution is 2.21. The maximum Gasteiger partial charge on any atom is 0.407 e. The SMILES string of the molecule is CCOC(=O)N[C@H](Cc1cn(C)c2ccccc12)C(=O)O. The summed E-state index contributed by atoms with van der Waals surface area (Å²) in [5.74, 6) is -1.09. The molecule has 1 heterocycles. The van der Waals surface area contributed by atoms with Crippen molar-refractivity contribution in [2.75, 3.05) is 6.61 Å². The van der Waals surface area contributed by atoms with E-state index in [2.05, 4.69) is 5.32 Å². The van der Waals surface area contributed by atoms with E-state index in [1.807, 2.05) is 42.1 Å². The molecule has 0 spiro atoms. The molecule has 0 bridgehead atoms. The molecule has 1 atom stereocenters. The van der Waals surface area contributed by atoms with Gasteiger partial charge in [-0.05, 0) is 18.6 Å². The second-order valence-corrected chi connectivity index (χ2v) is 4.74. The molecule has 6 nitrogen and oxygen atoms in total. The third kappa shape index (κ3) is 3.34. The normalized spacial score (nSPS) is 12.1. The van der Waals surface area contributed by atoms with E-state index in [1.165, 1.54) is 0 Å². The summed E-state index contributed by atoms with van der Waals surface area (Å²) in [7, 11) is 1.90. The standard InChI is InChI=1S/C15H18N2O4/c1-3-21-15(20)16-12(14(18)19)8-10-9-17(2)13-7-5-4-6-11(10)13/h4-7,9,12H,3,8H2,1-2H3,(H,16,20)(H,18,19)/t12-/m1/s1. The van der Waals surface area contributed by atoms with Crippen LogP contribution in [0.15, 0.2) is 30.5 Å². The Morgan fingerprint density at radius 2 is 2.10 bits per heavy atom. The van der Waals surface area contributed by atoms with Gasteiger partial charge in [-0.25, -0.2) is 9.59 Å². The summed E-state index contributed by atoms with van der Waals surface area (Å²) < 4.78 is 6.67. The van der Waals surface area contributed by atoms with Crippen LogP contribution in [0.2, 0.25) is 0 Å². The highest BCUT2D eigenvalue weighted by atomic mass is 16.5. The third-order valence-corrected chi connectivity index (χ3v) is 3.27. The zero-order chi connectivity index (χ0) is 15.4. The Balaban J connectivity index is 2.23. The number of carbonyl (C=O) groups is 2. The summed E-state index contributed by atoms with van der Waals surface area (Å²) >= 11 is 0. The van der Waals surface area contributed by atoms with Crippen LogP contribution in [-0.2, 0) is 23.0 Å². The maximum absolute atomic E-state index is 11.4. The van der Waals surface area contributed by atoms with Crippen LogP contribution in [0.4, 0.5) is 4.79 Å². The minimum Gasteiger partial charge on any atom is -0.480 e. The fourth-order valence-corrected chi connectivity index (χ4v) is 2.32. The second-order valence-electron chi connectivity index (χ2n) is 4.74. The topological polar surface area (TPSA) is 80.6 Å². The van der Waals surface area contributed by atoms with E-state index in [4.69, 9.17) is 4.74 Å². The quantitative estimate of drug-likeness (QED) is 0.881. The fourth-order valence-electron chi connectivity index (χ4n) is 2.32. The number of aliphatic carboxylic acids is 1. The number of carbonyl (C=O) groups excluding carboxylic acids is 1. The van der Waals surface area contributed by atoms with Crippen molar-refractivity contribution in [2.45, 2.75) is 19.4 Å². The van der Waals surface area contributed by atoms with Crippen LogP contribution in [0.5, 0.6) is 0 Å². The molecule has 2 rings (SSSR count). The zero-order valence-electron chi connectivity index (χ0n) is 12.0. The molecule has 0 saturated heterocycles. The molecule has 21 heavy (non-hydrogen) atoms. The molecular weight excluding hydrogens is 272 g/mol. The van der Waals surface area contributed by atoms with Gasteiger partial charge < -0.3 is 19.7 Å². The number of fused-ring (bicyclic) bond motifs is 1. The molecule has 6 heteroatoms. The van der Waals surface area contributed by atoms with Gasteiger partial charge in [-0.1, -0.05) is 18.2 Å². The minimum atomic E-state index is -1.09. The van der Waals surface area contributed by atoms with Crippen molar-refractivity contribution in [1.29, 1.82) is 0 Å². The Hall–Kier alpha value is -2.50. The first-order valence-electron chi connectivity index (χ1n) is 6.72. The van der Waals surface area contributed by atoms with E-state index in [0.717, 1.165) is 16.5 Å². The summed E-state index contributed by atoms with van der Waals surface area (Å²) in [5, 5.41) is 12.6. The van der Waals surface area contributed by atoms with Crippen molar-refractivity contribution in [1.82, 2.24) is 9.88 Å². The molecule has 0 fully saturated rings. The smallest absolute Gasteiger partial charge is 0.407 e. The van der Waals surface area contributed by atoms with E-state index >= 15 is 0 Å². The lowest BCUT2D eigenvalue weighted by molar-refractivity contribution is -0.139. The van der Waals surface area contributed by atoms with Crippen LogP contribution in [-0.4, -0.2) is 34.4 Å². The van der Waals surface area contributed by atoms with Crippen molar-refractivity contribution < 1.29 is 19.4 Å². The van der Waals surface area contributed by atoms with Gasteiger partial charge in [0.1, 0.15) is 6.04 Å². The zero-order valence-corrected chi connectivity index (χ0v) is 12.0. The monoisotopic (exact) mass is 290 g/mol. The van der Waals surface area contributed by atoms with Gasteiger partial charge in [-0.2, -0.15) is 0 Å². The Bertz CT molecular complexity index is 663. The summed E-state index contributed by atoms with van der Waals surface area (Å²) in [6.07, 6.45) is 1.37. The molecule has 0 aliphatic carbocycles. The molecule has 1 aromatic heterocycles. The summed E-state index contributed by atoms with van der Waals surface area (Å²) in [4.78, 5) is 22.7. The molecular formula is C15H18N2O4. The molecule has 0 aliphatic heterocycles. The van der Waals surface area contributed by atoms with E-state index in [1.54, 1.807) is 6.92 Å². The molecule has 112 valence electrons. The van der Waals surface area contributed by atoms with E-state index in [-0.39, 0.29) is 13.0 Å². The Labute approximate surface area is 122 Å². The Kier molecular flexibility index (Phi) is 4.47. The predicted octanol–water partition coefficient (Wildman–Crippen LogP) is 1.92. The fraction of sp³-hybridized carbons (Fsp3) is 0.333. The summed E-state index contributed by atoms with van der Waals surface area (Å²) in [6.45, 7) is 1.87. The Morgan fingerprint density at radius 3 is 2.76 bits per heavy atom. The predicted molar refractivity (Wildman–Crippen MR) is 78.2 cm³/mol. The number of nitrogens with zero attached hydrogens (tertiary/aromatic N) is 1. The first kappa shape index (κ1) is 14.9. The highest BCUT2D eigenvalue weighted by Gasteiger charge is 2.22. The molecule has 0 aliphatic rings. The number of rotatable bonds is 5. The van der Waals surface area contributed by atoms with Crippen molar-refractivity contribution >= 4 is 23.0 Å². The van der Waals surface area contributed by atoms with Crippen LogP contribution in [0.3, 0.4) is 0 Å². The molecule has 1 aromatic carbocycles. The molecule has 2 aromatic rings. The number of benzene rings is 1. The van der Waals surface area contributed by atoms with Gasteiger partial charge in [0.15, 0.2) is 0 Å². The minimum absolute atomic E-state index is 0.201.